The summed E-state index contributed by atoms with van der Waals surface area (Å²) in [6.07, 6.45) is 1.81. The van der Waals surface area contributed by atoms with Crippen LogP contribution in [-0.4, -0.2) is 67.6 Å². The minimum atomic E-state index is -0.377. The molecule has 2 aromatic rings. The number of aryl methyl sites for hydroxylation is 1. The Labute approximate surface area is 150 Å². The molecular weight excluding hydrogens is 336 g/mol. The number of carbonyl (C=O) groups is 1. The van der Waals surface area contributed by atoms with Gasteiger partial charge in [-0.05, 0) is 54.5 Å². The van der Waals surface area contributed by atoms with Crippen LogP contribution in [0.3, 0.4) is 0 Å². The summed E-state index contributed by atoms with van der Waals surface area (Å²) in [6, 6.07) is 7.26. The summed E-state index contributed by atoms with van der Waals surface area (Å²) < 4.78 is 7.40. The maximum atomic E-state index is 12.5. The van der Waals surface area contributed by atoms with Crippen molar-refractivity contribution in [1.82, 2.24) is 25.1 Å². The summed E-state index contributed by atoms with van der Waals surface area (Å²) in [6.45, 7) is 3.48. The van der Waals surface area contributed by atoms with Gasteiger partial charge in [0.25, 0.3) is 0 Å². The van der Waals surface area contributed by atoms with E-state index in [9.17, 15) is 9.90 Å². The van der Waals surface area contributed by atoms with E-state index in [1.54, 1.807) is 9.58 Å². The lowest BCUT2D eigenvalue weighted by molar-refractivity contribution is -0.0365. The molecule has 138 valence electrons. The van der Waals surface area contributed by atoms with Gasteiger partial charge in [-0.25, -0.2) is 4.79 Å². The fourth-order valence-corrected chi connectivity index (χ4v) is 3.64. The number of ether oxygens (including phenoxy) is 1. The molecule has 3 heterocycles. The molecule has 0 saturated carbocycles. The number of hydrogen-bond donors (Lipinski definition) is 2. The highest BCUT2D eigenvalue weighted by molar-refractivity contribution is 5.89. The van der Waals surface area contributed by atoms with Crippen molar-refractivity contribution in [3.05, 3.63) is 30.1 Å². The Bertz CT molecular complexity index is 782. The Morgan fingerprint density at radius 3 is 2.62 bits per heavy atom. The van der Waals surface area contributed by atoms with Crippen LogP contribution in [0.4, 0.5) is 10.5 Å². The van der Waals surface area contributed by atoms with Gasteiger partial charge in [0.05, 0.1) is 24.0 Å². The van der Waals surface area contributed by atoms with Gasteiger partial charge in [-0.3, -0.25) is 0 Å². The summed E-state index contributed by atoms with van der Waals surface area (Å²) in [5.74, 6) is 0.697. The van der Waals surface area contributed by atoms with Gasteiger partial charge in [0.1, 0.15) is 0 Å². The minimum absolute atomic E-state index is 0.121. The third-order valence-corrected chi connectivity index (χ3v) is 5.14. The van der Waals surface area contributed by atoms with Gasteiger partial charge in [-0.1, -0.05) is 0 Å². The number of benzene rings is 1. The molecule has 0 bridgehead atoms. The summed E-state index contributed by atoms with van der Waals surface area (Å²) in [5.41, 5.74) is 1.31. The summed E-state index contributed by atoms with van der Waals surface area (Å²) >= 11 is 0. The van der Waals surface area contributed by atoms with E-state index in [1.807, 2.05) is 31.2 Å². The Morgan fingerprint density at radius 2 is 2.04 bits per heavy atom. The average molecular weight is 358 g/mol. The van der Waals surface area contributed by atoms with Gasteiger partial charge in [0.2, 0.25) is 0 Å². The van der Waals surface area contributed by atoms with Gasteiger partial charge < -0.3 is 20.1 Å². The number of piperidine rings is 1. The third kappa shape index (κ3) is 3.27. The van der Waals surface area contributed by atoms with E-state index >= 15 is 0 Å². The number of anilines is 1. The molecule has 2 amide bonds. The van der Waals surface area contributed by atoms with Gasteiger partial charge in [-0.15, -0.1) is 5.10 Å². The standard InChI is InChI=1S/C17H22N6O3/c1-12-19-20-21-23(12)14-4-2-13(3-5-14)18-16(25)22-8-6-17(7-9-22)10-15(24)11-26-17/h2-5,15,24H,6-11H2,1H3,(H,18,25). The highest BCUT2D eigenvalue weighted by Gasteiger charge is 2.42. The number of tetrazole rings is 1. The quantitative estimate of drug-likeness (QED) is 0.833. The molecule has 2 saturated heterocycles. The second kappa shape index (κ2) is 6.65. The van der Waals surface area contributed by atoms with Crippen LogP contribution in [0.2, 0.25) is 0 Å². The highest BCUT2D eigenvalue weighted by atomic mass is 16.5. The van der Waals surface area contributed by atoms with Crippen molar-refractivity contribution in [2.75, 3.05) is 25.0 Å². The number of aliphatic hydroxyl groups excluding tert-OH is 1. The van der Waals surface area contributed by atoms with Crippen LogP contribution < -0.4 is 5.32 Å². The zero-order valence-corrected chi connectivity index (χ0v) is 14.6. The summed E-state index contributed by atoms with van der Waals surface area (Å²) in [7, 11) is 0. The van der Waals surface area contributed by atoms with Gasteiger partial charge in [0, 0.05) is 25.2 Å². The first-order chi connectivity index (χ1) is 12.5. The maximum Gasteiger partial charge on any atom is 0.321 e. The van der Waals surface area contributed by atoms with E-state index in [0.717, 1.165) is 24.2 Å². The minimum Gasteiger partial charge on any atom is -0.391 e. The van der Waals surface area contributed by atoms with Gasteiger partial charge in [0.15, 0.2) is 5.82 Å². The Kier molecular flexibility index (Phi) is 4.33. The molecule has 9 heteroatoms. The molecule has 9 nitrogen and oxygen atoms in total. The second-order valence-corrected chi connectivity index (χ2v) is 6.95. The fourth-order valence-electron chi connectivity index (χ4n) is 3.64. The number of hydrogen-bond acceptors (Lipinski definition) is 6. The Balaban J connectivity index is 1.34. The zero-order valence-electron chi connectivity index (χ0n) is 14.6. The molecule has 1 aromatic carbocycles. The van der Waals surface area contributed by atoms with E-state index in [-0.39, 0.29) is 17.7 Å². The smallest absolute Gasteiger partial charge is 0.321 e. The molecule has 26 heavy (non-hydrogen) atoms. The first kappa shape index (κ1) is 16.9. The number of nitrogens with zero attached hydrogens (tertiary/aromatic N) is 5. The molecule has 4 rings (SSSR count). The first-order valence-electron chi connectivity index (χ1n) is 8.78. The molecule has 1 unspecified atom stereocenters. The summed E-state index contributed by atoms with van der Waals surface area (Å²) in [4.78, 5) is 14.3. The number of aliphatic hydroxyl groups is 1. The molecule has 2 aliphatic rings. The molecule has 2 fully saturated rings. The zero-order chi connectivity index (χ0) is 18.1. The number of aromatic nitrogens is 4. The van der Waals surface area contributed by atoms with E-state index in [0.29, 0.717) is 31.9 Å². The fraction of sp³-hybridized carbons (Fsp3) is 0.529. The maximum absolute atomic E-state index is 12.5. The Morgan fingerprint density at radius 1 is 1.31 bits per heavy atom. The highest BCUT2D eigenvalue weighted by Crippen LogP contribution is 2.35. The predicted octanol–water partition coefficient (Wildman–Crippen LogP) is 1.12. The van der Waals surface area contributed by atoms with E-state index in [1.165, 1.54) is 0 Å². The average Bonchev–Trinajstić information content (AvgIpc) is 3.22. The van der Waals surface area contributed by atoms with E-state index in [2.05, 4.69) is 20.8 Å². The number of rotatable bonds is 2. The van der Waals surface area contributed by atoms with Gasteiger partial charge >= 0.3 is 6.03 Å². The van der Waals surface area contributed by atoms with Crippen LogP contribution in [0.1, 0.15) is 25.1 Å². The number of nitrogens with one attached hydrogen (secondary N) is 1. The number of likely N-dealkylation sites (tertiary alicyclic amines) is 1. The second-order valence-electron chi connectivity index (χ2n) is 6.95. The van der Waals surface area contributed by atoms with Gasteiger partial charge in [-0.2, -0.15) is 4.68 Å². The first-order valence-corrected chi connectivity index (χ1v) is 8.78. The normalized spacial score (nSPS) is 21.9. The van der Waals surface area contributed by atoms with Crippen LogP contribution in [-0.2, 0) is 4.74 Å². The molecule has 1 spiro atoms. The monoisotopic (exact) mass is 358 g/mol. The van der Waals surface area contributed by atoms with Crippen molar-refractivity contribution in [1.29, 1.82) is 0 Å². The predicted molar refractivity (Wildman–Crippen MR) is 93.0 cm³/mol. The van der Waals surface area contributed by atoms with Crippen molar-refractivity contribution < 1.29 is 14.6 Å². The van der Waals surface area contributed by atoms with Crippen LogP contribution >= 0.6 is 0 Å². The van der Waals surface area contributed by atoms with Crippen LogP contribution in [0.5, 0.6) is 0 Å². The van der Waals surface area contributed by atoms with Crippen LogP contribution in [0, 0.1) is 6.92 Å². The summed E-state index contributed by atoms with van der Waals surface area (Å²) in [5, 5.41) is 24.0. The molecule has 0 aliphatic carbocycles. The van der Waals surface area contributed by atoms with Crippen molar-refractivity contribution in [2.45, 2.75) is 37.9 Å². The van der Waals surface area contributed by atoms with Crippen molar-refractivity contribution in [3.8, 4) is 5.69 Å². The third-order valence-electron chi connectivity index (χ3n) is 5.14. The molecule has 2 N–H and O–H groups in total. The lowest BCUT2D eigenvalue weighted by Gasteiger charge is -2.38. The lowest BCUT2D eigenvalue weighted by atomic mass is 9.88. The largest absolute Gasteiger partial charge is 0.391 e. The molecule has 0 radical (unpaired) electrons. The number of urea groups is 1. The molecule has 1 aromatic heterocycles. The number of amides is 2. The van der Waals surface area contributed by atoms with E-state index < -0.39 is 0 Å². The van der Waals surface area contributed by atoms with Crippen molar-refractivity contribution >= 4 is 11.7 Å². The van der Waals surface area contributed by atoms with Crippen molar-refractivity contribution in [2.24, 2.45) is 0 Å². The Hall–Kier alpha value is -2.52. The molecule has 2 aliphatic heterocycles. The molecular formula is C17H22N6O3. The molecule has 1 atom stereocenters. The van der Waals surface area contributed by atoms with Crippen LogP contribution in [0.15, 0.2) is 24.3 Å². The number of carbonyl (C=O) groups excluding carboxylic acids is 1. The lowest BCUT2D eigenvalue weighted by Crippen LogP contribution is -2.47. The van der Waals surface area contributed by atoms with E-state index in [4.69, 9.17) is 4.74 Å². The van der Waals surface area contributed by atoms with Crippen molar-refractivity contribution in [3.63, 3.8) is 0 Å². The SMILES string of the molecule is Cc1nnnn1-c1ccc(NC(=O)N2CCC3(CC2)CC(O)CO3)cc1. The topological polar surface area (TPSA) is 105 Å². The van der Waals surface area contributed by atoms with Crippen LogP contribution in [0.25, 0.3) is 5.69 Å².